The van der Waals surface area contributed by atoms with Gasteiger partial charge in [0.1, 0.15) is 11.4 Å². The van der Waals surface area contributed by atoms with Gasteiger partial charge in [-0.05, 0) is 55.2 Å². The van der Waals surface area contributed by atoms with Crippen LogP contribution in [-0.2, 0) is 6.54 Å². The normalized spacial score (nSPS) is 20.8. The number of halogens is 1. The fraction of sp³-hybridized carbons (Fsp3) is 0.423. The summed E-state index contributed by atoms with van der Waals surface area (Å²) in [6.45, 7) is 5.55. The number of nitrogens with one attached hydrogen (secondary N) is 1. The standard InChI is InChI=1S/C26H30FN3O3/c1-17-13-23(33-2)21(20-7-10-28-24(17)20)14-30-12-11-29(16-26(27)8-9-26)15-22(30)18-3-5-19(6-4-18)25(31)32/h3-7,10,13,22,28H,8-9,11-12,14-16H2,1-2H3,(H,31,32). The molecule has 7 heteroatoms. The first kappa shape index (κ1) is 21.9. The Kier molecular flexibility index (Phi) is 5.62. The van der Waals surface area contributed by atoms with Crippen molar-refractivity contribution in [3.05, 3.63) is 64.8 Å². The van der Waals surface area contributed by atoms with Crippen LogP contribution in [0.1, 0.15) is 45.9 Å². The number of aromatic nitrogens is 1. The Labute approximate surface area is 193 Å². The molecule has 1 unspecified atom stereocenters. The number of benzene rings is 2. The summed E-state index contributed by atoms with van der Waals surface area (Å²) >= 11 is 0. The third kappa shape index (κ3) is 4.35. The van der Waals surface area contributed by atoms with E-state index in [0.29, 0.717) is 32.5 Å². The van der Waals surface area contributed by atoms with Crippen LogP contribution in [0.4, 0.5) is 4.39 Å². The number of ether oxygens (including phenoxy) is 1. The molecule has 3 aromatic rings. The lowest BCUT2D eigenvalue weighted by Gasteiger charge is -2.42. The van der Waals surface area contributed by atoms with Gasteiger partial charge >= 0.3 is 5.97 Å². The van der Waals surface area contributed by atoms with Crippen molar-refractivity contribution in [1.82, 2.24) is 14.8 Å². The number of hydrogen-bond acceptors (Lipinski definition) is 4. The first-order valence-corrected chi connectivity index (χ1v) is 11.5. The van der Waals surface area contributed by atoms with Crippen LogP contribution in [0.3, 0.4) is 0 Å². The van der Waals surface area contributed by atoms with E-state index in [0.717, 1.165) is 46.4 Å². The van der Waals surface area contributed by atoms with Gasteiger partial charge in [0.25, 0.3) is 0 Å². The average molecular weight is 452 g/mol. The van der Waals surface area contributed by atoms with Crippen molar-refractivity contribution in [1.29, 1.82) is 0 Å². The van der Waals surface area contributed by atoms with Gasteiger partial charge in [-0.15, -0.1) is 0 Å². The molecule has 1 aliphatic carbocycles. The van der Waals surface area contributed by atoms with Crippen LogP contribution in [0.2, 0.25) is 0 Å². The highest BCUT2D eigenvalue weighted by Crippen LogP contribution is 2.42. The molecule has 1 atom stereocenters. The van der Waals surface area contributed by atoms with Crippen molar-refractivity contribution >= 4 is 16.9 Å². The van der Waals surface area contributed by atoms with Crippen LogP contribution < -0.4 is 4.74 Å². The van der Waals surface area contributed by atoms with E-state index in [1.165, 1.54) is 0 Å². The van der Waals surface area contributed by atoms with Gasteiger partial charge in [-0.25, -0.2) is 9.18 Å². The molecule has 1 aromatic heterocycles. The fourth-order valence-electron chi connectivity index (χ4n) is 5.05. The van der Waals surface area contributed by atoms with Crippen LogP contribution in [0.25, 0.3) is 10.9 Å². The molecule has 174 valence electrons. The van der Waals surface area contributed by atoms with Crippen molar-refractivity contribution in [3.63, 3.8) is 0 Å². The van der Waals surface area contributed by atoms with E-state index < -0.39 is 11.6 Å². The summed E-state index contributed by atoms with van der Waals surface area (Å²) in [4.78, 5) is 19.3. The van der Waals surface area contributed by atoms with Gasteiger partial charge in [0, 0.05) is 61.4 Å². The minimum absolute atomic E-state index is 0.0314. The van der Waals surface area contributed by atoms with Crippen molar-refractivity contribution < 1.29 is 19.0 Å². The molecule has 2 aliphatic rings. The monoisotopic (exact) mass is 451 g/mol. The molecular weight excluding hydrogens is 421 g/mol. The van der Waals surface area contributed by atoms with E-state index in [2.05, 4.69) is 33.8 Å². The molecule has 1 saturated carbocycles. The SMILES string of the molecule is COc1cc(C)c2[nH]ccc2c1CN1CCN(CC2(F)CC2)CC1c1ccc(C(=O)O)cc1. The number of methoxy groups -OCH3 is 1. The number of carboxylic acid groups (broad SMARTS) is 1. The van der Waals surface area contributed by atoms with Gasteiger partial charge in [-0.1, -0.05) is 12.1 Å². The second-order valence-corrected chi connectivity index (χ2v) is 9.44. The number of carboxylic acids is 1. The second kappa shape index (κ2) is 8.47. The van der Waals surface area contributed by atoms with Gasteiger partial charge in [-0.2, -0.15) is 0 Å². The maximum atomic E-state index is 14.5. The third-order valence-corrected chi connectivity index (χ3v) is 7.11. The zero-order valence-corrected chi connectivity index (χ0v) is 19.1. The van der Waals surface area contributed by atoms with E-state index in [-0.39, 0.29) is 11.6 Å². The number of carbonyl (C=O) groups is 1. The summed E-state index contributed by atoms with van der Waals surface area (Å²) < 4.78 is 20.3. The number of alkyl halides is 1. The van der Waals surface area contributed by atoms with Gasteiger partial charge in [0.15, 0.2) is 0 Å². The van der Waals surface area contributed by atoms with E-state index in [1.807, 2.05) is 18.3 Å². The molecular formula is C26H30FN3O3. The number of nitrogens with zero attached hydrogens (tertiary/aromatic N) is 2. The summed E-state index contributed by atoms with van der Waals surface area (Å²) in [5, 5.41) is 10.4. The van der Waals surface area contributed by atoms with Crippen molar-refractivity contribution in [2.45, 2.75) is 38.0 Å². The summed E-state index contributed by atoms with van der Waals surface area (Å²) in [5.74, 6) is -0.0706. The molecule has 0 radical (unpaired) electrons. The predicted molar refractivity (Wildman–Crippen MR) is 126 cm³/mol. The zero-order valence-electron chi connectivity index (χ0n) is 19.1. The van der Waals surface area contributed by atoms with Crippen LogP contribution >= 0.6 is 0 Å². The lowest BCUT2D eigenvalue weighted by atomic mass is 9.98. The van der Waals surface area contributed by atoms with E-state index in [1.54, 1.807) is 19.2 Å². The van der Waals surface area contributed by atoms with Gasteiger partial charge in [-0.3, -0.25) is 9.80 Å². The molecule has 1 aliphatic heterocycles. The lowest BCUT2D eigenvalue weighted by Crippen LogP contribution is -2.49. The Morgan fingerprint density at radius 1 is 1.24 bits per heavy atom. The molecule has 2 aromatic carbocycles. The highest BCUT2D eigenvalue weighted by molar-refractivity contribution is 5.88. The number of aromatic amines is 1. The van der Waals surface area contributed by atoms with Crippen molar-refractivity contribution in [3.8, 4) is 5.75 Å². The van der Waals surface area contributed by atoms with Crippen LogP contribution in [0.5, 0.6) is 5.75 Å². The molecule has 0 bridgehead atoms. The van der Waals surface area contributed by atoms with Gasteiger partial charge in [0.2, 0.25) is 0 Å². The van der Waals surface area contributed by atoms with Crippen LogP contribution in [0, 0.1) is 6.92 Å². The van der Waals surface area contributed by atoms with E-state index in [4.69, 9.17) is 4.74 Å². The molecule has 6 nitrogen and oxygen atoms in total. The lowest BCUT2D eigenvalue weighted by molar-refractivity contribution is 0.0489. The number of H-pyrrole nitrogens is 1. The quantitative estimate of drug-likeness (QED) is 0.552. The Morgan fingerprint density at radius 2 is 2.00 bits per heavy atom. The molecule has 33 heavy (non-hydrogen) atoms. The van der Waals surface area contributed by atoms with Gasteiger partial charge in [0.05, 0.1) is 12.7 Å². The van der Waals surface area contributed by atoms with E-state index in [9.17, 15) is 14.3 Å². The molecule has 1 saturated heterocycles. The summed E-state index contributed by atoms with van der Waals surface area (Å²) in [5.41, 5.74) is 3.66. The molecule has 2 fully saturated rings. The first-order chi connectivity index (χ1) is 15.9. The Balaban J connectivity index is 1.47. The third-order valence-electron chi connectivity index (χ3n) is 7.11. The van der Waals surface area contributed by atoms with Crippen LogP contribution in [0.15, 0.2) is 42.6 Å². The molecule has 0 spiro atoms. The predicted octanol–water partition coefficient (Wildman–Crippen LogP) is 4.54. The zero-order chi connectivity index (χ0) is 23.2. The Bertz CT molecular complexity index is 1170. The topological polar surface area (TPSA) is 68.8 Å². The molecule has 5 rings (SSSR count). The first-order valence-electron chi connectivity index (χ1n) is 11.5. The molecule has 2 heterocycles. The average Bonchev–Trinajstić information content (AvgIpc) is 3.32. The highest BCUT2D eigenvalue weighted by Gasteiger charge is 2.45. The van der Waals surface area contributed by atoms with Crippen molar-refractivity contribution in [2.24, 2.45) is 0 Å². The summed E-state index contributed by atoms with van der Waals surface area (Å²) in [6, 6.07) is 11.3. The second-order valence-electron chi connectivity index (χ2n) is 9.44. The summed E-state index contributed by atoms with van der Waals surface area (Å²) in [6.07, 6.45) is 3.26. The largest absolute Gasteiger partial charge is 0.496 e. The van der Waals surface area contributed by atoms with Crippen LogP contribution in [-0.4, -0.2) is 64.8 Å². The number of rotatable bonds is 7. The minimum Gasteiger partial charge on any atom is -0.496 e. The van der Waals surface area contributed by atoms with Crippen molar-refractivity contribution in [2.75, 3.05) is 33.3 Å². The molecule has 2 N–H and O–H groups in total. The number of fused-ring (bicyclic) bond motifs is 1. The van der Waals surface area contributed by atoms with E-state index >= 15 is 0 Å². The minimum atomic E-state index is -1.03. The van der Waals surface area contributed by atoms with Gasteiger partial charge < -0.3 is 14.8 Å². The number of aromatic carboxylic acids is 1. The highest BCUT2D eigenvalue weighted by atomic mass is 19.1. The number of aryl methyl sites for hydroxylation is 1. The maximum Gasteiger partial charge on any atom is 0.335 e. The number of hydrogen-bond donors (Lipinski definition) is 2. The smallest absolute Gasteiger partial charge is 0.335 e. The molecule has 0 amide bonds. The number of piperazine rings is 1. The Hall–Kier alpha value is -2.90. The maximum absolute atomic E-state index is 14.5. The summed E-state index contributed by atoms with van der Waals surface area (Å²) in [7, 11) is 1.70. The Morgan fingerprint density at radius 3 is 2.67 bits per heavy atom. The fourth-order valence-corrected chi connectivity index (χ4v) is 5.05.